The van der Waals surface area contributed by atoms with Gasteiger partial charge in [0.2, 0.25) is 0 Å². The molecule has 1 saturated heterocycles. The topological polar surface area (TPSA) is 53.0 Å². The van der Waals surface area contributed by atoms with E-state index in [1.165, 1.54) is 5.56 Å². The minimum Gasteiger partial charge on any atom is -0.508 e. The average Bonchev–Trinajstić information content (AvgIpc) is 2.62. The third-order valence-electron chi connectivity index (χ3n) is 4.03. The molecule has 1 N–H and O–H groups in total. The van der Waals surface area contributed by atoms with Crippen LogP contribution in [0.2, 0.25) is 0 Å². The quantitative estimate of drug-likeness (QED) is 0.855. The van der Waals surface area contributed by atoms with Crippen molar-refractivity contribution in [2.45, 2.75) is 6.54 Å². The van der Waals surface area contributed by atoms with E-state index in [-0.39, 0.29) is 5.75 Å². The summed E-state index contributed by atoms with van der Waals surface area (Å²) in [5.41, 5.74) is 1.84. The summed E-state index contributed by atoms with van der Waals surface area (Å²) in [6.45, 7) is 3.26. The number of hydrogen-bond acceptors (Lipinski definition) is 5. The Labute approximate surface area is 141 Å². The molecule has 0 unspecified atom stereocenters. The Morgan fingerprint density at radius 3 is 2.50 bits per heavy atom. The third-order valence-corrected chi connectivity index (χ3v) is 4.03. The van der Waals surface area contributed by atoms with Crippen molar-refractivity contribution in [1.29, 1.82) is 0 Å². The molecule has 3 rings (SSSR count). The number of phenols is 1. The second-order valence-electron chi connectivity index (χ2n) is 5.78. The fourth-order valence-corrected chi connectivity index (χ4v) is 2.70. The van der Waals surface area contributed by atoms with Gasteiger partial charge in [0.25, 0.3) is 0 Å². The van der Waals surface area contributed by atoms with Gasteiger partial charge in [-0.15, -0.1) is 0 Å². The van der Waals surface area contributed by atoms with Crippen LogP contribution in [-0.2, 0) is 11.3 Å². The number of aromatic hydroxyl groups is 1. The molecule has 24 heavy (non-hydrogen) atoms. The van der Waals surface area contributed by atoms with Crippen molar-refractivity contribution >= 4 is 5.94 Å². The molecule has 0 spiro atoms. The van der Waals surface area contributed by atoms with Crippen LogP contribution < -0.4 is 4.74 Å². The molecule has 5 nitrogen and oxygen atoms in total. The van der Waals surface area contributed by atoms with Crippen molar-refractivity contribution in [2.24, 2.45) is 0 Å². The van der Waals surface area contributed by atoms with E-state index in [0.717, 1.165) is 19.6 Å². The summed E-state index contributed by atoms with van der Waals surface area (Å²) in [6, 6.07) is 16.8. The Morgan fingerprint density at radius 2 is 1.79 bits per heavy atom. The van der Waals surface area contributed by atoms with Crippen LogP contribution in [0.1, 0.15) is 5.56 Å². The van der Waals surface area contributed by atoms with Crippen LogP contribution in [0.15, 0.2) is 60.3 Å². The first-order chi connectivity index (χ1) is 11.7. The number of benzene rings is 2. The van der Waals surface area contributed by atoms with E-state index >= 15 is 0 Å². The molecule has 2 aromatic rings. The standard InChI is InChI=1S/C19H20N2O3/c22-14-17-13-20(12-16-4-2-1-3-5-16)10-11-21(17)15-24-19-8-6-18(23)7-9-19/h1-9,23H,10-13,15H2. The number of nitrogens with zero attached hydrogens (tertiary/aromatic N) is 2. The highest BCUT2D eigenvalue weighted by atomic mass is 16.5. The van der Waals surface area contributed by atoms with Gasteiger partial charge >= 0.3 is 0 Å². The number of ether oxygens (including phenoxy) is 1. The van der Waals surface area contributed by atoms with E-state index in [0.29, 0.717) is 24.7 Å². The van der Waals surface area contributed by atoms with Crippen molar-refractivity contribution in [3.05, 3.63) is 65.9 Å². The van der Waals surface area contributed by atoms with Crippen LogP contribution in [0.25, 0.3) is 0 Å². The fraction of sp³-hybridized carbons (Fsp3) is 0.263. The van der Waals surface area contributed by atoms with Gasteiger partial charge in [0, 0.05) is 26.2 Å². The van der Waals surface area contributed by atoms with Crippen LogP contribution in [-0.4, -0.2) is 47.2 Å². The lowest BCUT2D eigenvalue weighted by Crippen LogP contribution is -2.45. The summed E-state index contributed by atoms with van der Waals surface area (Å²) < 4.78 is 5.68. The van der Waals surface area contributed by atoms with Crippen molar-refractivity contribution in [3.8, 4) is 11.5 Å². The van der Waals surface area contributed by atoms with Gasteiger partial charge in [-0.05, 0) is 29.8 Å². The summed E-state index contributed by atoms with van der Waals surface area (Å²) in [6.07, 6.45) is 0. The highest BCUT2D eigenvalue weighted by Gasteiger charge is 2.22. The summed E-state index contributed by atoms with van der Waals surface area (Å²) in [7, 11) is 0. The van der Waals surface area contributed by atoms with Gasteiger partial charge in [0.05, 0.1) is 0 Å². The minimum absolute atomic E-state index is 0.199. The van der Waals surface area contributed by atoms with Crippen LogP contribution in [0.5, 0.6) is 11.5 Å². The Morgan fingerprint density at radius 1 is 1.04 bits per heavy atom. The van der Waals surface area contributed by atoms with Crippen molar-refractivity contribution in [2.75, 3.05) is 26.4 Å². The molecule has 0 radical (unpaired) electrons. The molecular formula is C19H20N2O3. The van der Waals surface area contributed by atoms with Crippen LogP contribution in [0.3, 0.4) is 0 Å². The molecule has 5 heteroatoms. The average molecular weight is 324 g/mol. The molecule has 0 atom stereocenters. The highest BCUT2D eigenvalue weighted by molar-refractivity contribution is 5.52. The van der Waals surface area contributed by atoms with Crippen LogP contribution in [0.4, 0.5) is 0 Å². The van der Waals surface area contributed by atoms with E-state index in [4.69, 9.17) is 4.74 Å². The molecule has 0 aliphatic carbocycles. The summed E-state index contributed by atoms with van der Waals surface area (Å²) in [4.78, 5) is 15.4. The SMILES string of the molecule is O=C=C1CN(Cc2ccccc2)CCN1COc1ccc(O)cc1. The van der Waals surface area contributed by atoms with Gasteiger partial charge in [0.1, 0.15) is 23.1 Å². The Kier molecular flexibility index (Phi) is 5.16. The lowest BCUT2D eigenvalue weighted by Gasteiger charge is -2.36. The van der Waals surface area contributed by atoms with Crippen molar-refractivity contribution in [1.82, 2.24) is 9.80 Å². The molecule has 0 bridgehead atoms. The summed E-state index contributed by atoms with van der Waals surface area (Å²) >= 11 is 0. The zero-order valence-electron chi connectivity index (χ0n) is 13.4. The van der Waals surface area contributed by atoms with Crippen molar-refractivity contribution < 1.29 is 14.6 Å². The zero-order chi connectivity index (χ0) is 16.8. The summed E-state index contributed by atoms with van der Waals surface area (Å²) in [5, 5.41) is 9.28. The van der Waals surface area contributed by atoms with E-state index < -0.39 is 0 Å². The lowest BCUT2D eigenvalue weighted by atomic mass is 10.2. The molecular weight excluding hydrogens is 304 g/mol. The maximum atomic E-state index is 11.3. The van der Waals surface area contributed by atoms with Gasteiger partial charge in [-0.2, -0.15) is 0 Å². The molecule has 0 saturated carbocycles. The monoisotopic (exact) mass is 324 g/mol. The molecule has 1 aliphatic heterocycles. The van der Waals surface area contributed by atoms with Crippen molar-refractivity contribution in [3.63, 3.8) is 0 Å². The maximum Gasteiger partial charge on any atom is 0.161 e. The normalized spacial score (nSPS) is 15.2. The Balaban J connectivity index is 1.55. The van der Waals surface area contributed by atoms with Gasteiger partial charge < -0.3 is 14.7 Å². The first-order valence-electron chi connectivity index (χ1n) is 7.91. The molecule has 1 fully saturated rings. The summed E-state index contributed by atoms with van der Waals surface area (Å²) in [5.74, 6) is 2.90. The van der Waals surface area contributed by atoms with E-state index in [1.54, 1.807) is 24.3 Å². The second kappa shape index (κ2) is 7.68. The largest absolute Gasteiger partial charge is 0.508 e. The van der Waals surface area contributed by atoms with Gasteiger partial charge in [-0.25, -0.2) is 4.79 Å². The molecule has 2 aromatic carbocycles. The second-order valence-corrected chi connectivity index (χ2v) is 5.78. The zero-order valence-corrected chi connectivity index (χ0v) is 13.4. The predicted octanol–water partition coefficient (Wildman–Crippen LogP) is 2.26. The number of hydrogen-bond donors (Lipinski definition) is 1. The van der Waals surface area contributed by atoms with E-state index in [1.807, 2.05) is 29.0 Å². The molecule has 1 heterocycles. The number of carbonyl (C=O) groups excluding carboxylic acids is 1. The number of phenolic OH excluding ortho intramolecular Hbond substituents is 1. The Hall–Kier alpha value is -2.75. The molecule has 124 valence electrons. The van der Waals surface area contributed by atoms with Gasteiger partial charge in [-0.1, -0.05) is 30.3 Å². The highest BCUT2D eigenvalue weighted by Crippen LogP contribution is 2.18. The minimum atomic E-state index is 0.199. The predicted molar refractivity (Wildman–Crippen MR) is 91.2 cm³/mol. The molecule has 1 aliphatic rings. The smallest absolute Gasteiger partial charge is 0.161 e. The van der Waals surface area contributed by atoms with E-state index in [2.05, 4.69) is 17.0 Å². The van der Waals surface area contributed by atoms with Crippen LogP contribution in [0, 0.1) is 0 Å². The number of piperazine rings is 1. The molecule has 0 amide bonds. The van der Waals surface area contributed by atoms with Gasteiger partial charge in [-0.3, -0.25) is 4.90 Å². The first kappa shape index (κ1) is 16.1. The lowest BCUT2D eigenvalue weighted by molar-refractivity contribution is 0.101. The fourth-order valence-electron chi connectivity index (χ4n) is 2.70. The Bertz CT molecular complexity index is 709. The third kappa shape index (κ3) is 4.16. The van der Waals surface area contributed by atoms with Crippen LogP contribution >= 0.6 is 0 Å². The first-order valence-corrected chi connectivity index (χ1v) is 7.91. The molecule has 0 aromatic heterocycles. The van der Waals surface area contributed by atoms with Gasteiger partial charge in [0.15, 0.2) is 6.73 Å². The number of rotatable bonds is 5. The van der Waals surface area contributed by atoms with E-state index in [9.17, 15) is 9.90 Å². The maximum absolute atomic E-state index is 11.3.